The van der Waals surface area contributed by atoms with E-state index in [9.17, 15) is 4.79 Å². The molecule has 1 aromatic carbocycles. The van der Waals surface area contributed by atoms with E-state index in [0.717, 1.165) is 5.56 Å². The van der Waals surface area contributed by atoms with E-state index in [2.05, 4.69) is 0 Å². The topological polar surface area (TPSA) is 26.3 Å². The minimum absolute atomic E-state index is 0.206. The Balaban J connectivity index is 2.44. The molecule has 0 saturated heterocycles. The summed E-state index contributed by atoms with van der Waals surface area (Å²) in [5, 5.41) is 0.706. The van der Waals surface area contributed by atoms with E-state index in [4.69, 9.17) is 16.3 Å². The Hall–Kier alpha value is -1.28. The van der Waals surface area contributed by atoms with Crippen LogP contribution < -0.4 is 0 Å². The Morgan fingerprint density at radius 1 is 1.40 bits per heavy atom. The third kappa shape index (κ3) is 4.66. The van der Waals surface area contributed by atoms with Crippen molar-refractivity contribution >= 4 is 23.6 Å². The molecule has 80 valence electrons. The number of hydrogen-bond donors (Lipinski definition) is 0. The molecule has 3 heteroatoms. The second kappa shape index (κ2) is 6.25. The van der Waals surface area contributed by atoms with Crippen LogP contribution in [0, 0.1) is 0 Å². The van der Waals surface area contributed by atoms with Crippen LogP contribution in [0.15, 0.2) is 30.3 Å². The molecule has 15 heavy (non-hydrogen) atoms. The lowest BCUT2D eigenvalue weighted by Gasteiger charge is -1.97. The smallest absolute Gasteiger partial charge is 0.309 e. The van der Waals surface area contributed by atoms with Crippen molar-refractivity contribution < 1.29 is 9.53 Å². The summed E-state index contributed by atoms with van der Waals surface area (Å²) in [4.78, 5) is 11.0. The first-order valence-corrected chi connectivity index (χ1v) is 5.18. The molecule has 0 saturated carbocycles. The van der Waals surface area contributed by atoms with Gasteiger partial charge in [0.1, 0.15) is 0 Å². The predicted molar refractivity (Wildman–Crippen MR) is 61.7 cm³/mol. The number of benzene rings is 1. The first-order valence-electron chi connectivity index (χ1n) is 4.80. The van der Waals surface area contributed by atoms with Crippen molar-refractivity contribution in [1.82, 2.24) is 0 Å². The Kier molecular flexibility index (Phi) is 4.91. The number of carbonyl (C=O) groups excluding carboxylic acids is 1. The highest BCUT2D eigenvalue weighted by molar-refractivity contribution is 6.30. The SMILES string of the molecule is CCOC(=O)C/C=C/c1ccc(Cl)cc1. The summed E-state index contributed by atoms with van der Waals surface area (Å²) < 4.78 is 4.79. The van der Waals surface area contributed by atoms with E-state index in [0.29, 0.717) is 18.1 Å². The Bertz CT molecular complexity index is 341. The van der Waals surface area contributed by atoms with E-state index < -0.39 is 0 Å². The molecule has 0 fully saturated rings. The molecule has 0 radical (unpaired) electrons. The van der Waals surface area contributed by atoms with Crippen molar-refractivity contribution in [2.45, 2.75) is 13.3 Å². The quantitative estimate of drug-likeness (QED) is 0.734. The normalized spacial score (nSPS) is 10.5. The van der Waals surface area contributed by atoms with Gasteiger partial charge in [0, 0.05) is 5.02 Å². The first kappa shape index (κ1) is 11.8. The van der Waals surface area contributed by atoms with Gasteiger partial charge in [0.25, 0.3) is 0 Å². The average molecular weight is 225 g/mol. The van der Waals surface area contributed by atoms with Crippen LogP contribution in [-0.4, -0.2) is 12.6 Å². The van der Waals surface area contributed by atoms with E-state index in [1.807, 2.05) is 30.3 Å². The van der Waals surface area contributed by atoms with Crippen LogP contribution >= 0.6 is 11.6 Å². The van der Waals surface area contributed by atoms with E-state index in [1.165, 1.54) is 0 Å². The zero-order valence-electron chi connectivity index (χ0n) is 8.57. The van der Waals surface area contributed by atoms with Crippen LogP contribution in [0.1, 0.15) is 18.9 Å². The van der Waals surface area contributed by atoms with Crippen molar-refractivity contribution in [3.8, 4) is 0 Å². The standard InChI is InChI=1S/C12H13ClO2/c1-2-15-12(14)5-3-4-10-6-8-11(13)9-7-10/h3-4,6-9H,2,5H2,1H3/b4-3+. The highest BCUT2D eigenvalue weighted by Crippen LogP contribution is 2.10. The molecule has 1 rings (SSSR count). The summed E-state index contributed by atoms with van der Waals surface area (Å²) in [6, 6.07) is 7.41. The number of hydrogen-bond acceptors (Lipinski definition) is 2. The van der Waals surface area contributed by atoms with E-state index >= 15 is 0 Å². The molecule has 0 aromatic heterocycles. The van der Waals surface area contributed by atoms with Crippen molar-refractivity contribution in [3.05, 3.63) is 40.9 Å². The fourth-order valence-electron chi connectivity index (χ4n) is 1.09. The lowest BCUT2D eigenvalue weighted by atomic mass is 10.2. The van der Waals surface area contributed by atoms with Gasteiger partial charge in [0.05, 0.1) is 13.0 Å². The largest absolute Gasteiger partial charge is 0.466 e. The Labute approximate surface area is 94.5 Å². The zero-order chi connectivity index (χ0) is 11.1. The van der Waals surface area contributed by atoms with Gasteiger partial charge in [0.15, 0.2) is 0 Å². The third-order valence-corrected chi connectivity index (χ3v) is 2.02. The molecule has 0 amide bonds. The molecule has 0 N–H and O–H groups in total. The zero-order valence-corrected chi connectivity index (χ0v) is 9.33. The monoisotopic (exact) mass is 224 g/mol. The van der Waals surface area contributed by atoms with Gasteiger partial charge in [0.2, 0.25) is 0 Å². The van der Waals surface area contributed by atoms with Gasteiger partial charge in [-0.1, -0.05) is 35.9 Å². The maximum absolute atomic E-state index is 11.0. The minimum atomic E-state index is -0.206. The number of esters is 1. The number of carbonyl (C=O) groups is 1. The number of ether oxygens (including phenoxy) is 1. The molecule has 0 aliphatic heterocycles. The average Bonchev–Trinajstić information content (AvgIpc) is 2.21. The van der Waals surface area contributed by atoms with Crippen molar-refractivity contribution in [2.24, 2.45) is 0 Å². The van der Waals surface area contributed by atoms with Crippen LogP contribution in [0.4, 0.5) is 0 Å². The van der Waals surface area contributed by atoms with Crippen molar-refractivity contribution in [2.75, 3.05) is 6.61 Å². The molecule has 2 nitrogen and oxygen atoms in total. The van der Waals surface area contributed by atoms with Gasteiger partial charge >= 0.3 is 5.97 Å². The Morgan fingerprint density at radius 2 is 2.07 bits per heavy atom. The number of halogens is 1. The van der Waals surface area contributed by atoms with Crippen LogP contribution in [0.3, 0.4) is 0 Å². The molecular formula is C12H13ClO2. The second-order valence-corrected chi connectivity index (χ2v) is 3.40. The van der Waals surface area contributed by atoms with Crippen molar-refractivity contribution in [3.63, 3.8) is 0 Å². The second-order valence-electron chi connectivity index (χ2n) is 2.96. The van der Waals surface area contributed by atoms with Crippen LogP contribution in [0.25, 0.3) is 6.08 Å². The maximum Gasteiger partial charge on any atom is 0.309 e. The molecular weight excluding hydrogens is 212 g/mol. The third-order valence-electron chi connectivity index (χ3n) is 1.77. The van der Waals surface area contributed by atoms with Crippen molar-refractivity contribution in [1.29, 1.82) is 0 Å². The molecule has 1 aromatic rings. The Morgan fingerprint density at radius 3 is 2.67 bits per heavy atom. The summed E-state index contributed by atoms with van der Waals surface area (Å²) in [5.41, 5.74) is 1.02. The molecule has 0 atom stereocenters. The highest BCUT2D eigenvalue weighted by atomic mass is 35.5. The molecule has 0 unspecified atom stereocenters. The highest BCUT2D eigenvalue weighted by Gasteiger charge is 1.96. The summed E-state index contributed by atoms with van der Waals surface area (Å²) >= 11 is 5.74. The van der Waals surface area contributed by atoms with E-state index in [1.54, 1.807) is 13.0 Å². The fourth-order valence-corrected chi connectivity index (χ4v) is 1.21. The lowest BCUT2D eigenvalue weighted by Crippen LogP contribution is -2.01. The molecule has 0 bridgehead atoms. The molecule has 0 spiro atoms. The summed E-state index contributed by atoms with van der Waals surface area (Å²) in [6.07, 6.45) is 3.95. The van der Waals surface area contributed by atoms with Gasteiger partial charge in [-0.15, -0.1) is 0 Å². The maximum atomic E-state index is 11.0. The van der Waals surface area contributed by atoms with Crippen LogP contribution in [-0.2, 0) is 9.53 Å². The van der Waals surface area contributed by atoms with Gasteiger partial charge in [-0.3, -0.25) is 4.79 Å². The molecule has 0 heterocycles. The lowest BCUT2D eigenvalue weighted by molar-refractivity contribution is -0.142. The fraction of sp³-hybridized carbons (Fsp3) is 0.250. The van der Waals surface area contributed by atoms with Crippen LogP contribution in [0.5, 0.6) is 0 Å². The summed E-state index contributed by atoms with van der Waals surface area (Å²) in [5.74, 6) is -0.206. The minimum Gasteiger partial charge on any atom is -0.466 e. The van der Waals surface area contributed by atoms with Gasteiger partial charge in [-0.2, -0.15) is 0 Å². The number of rotatable bonds is 4. The predicted octanol–water partition coefficient (Wildman–Crippen LogP) is 3.31. The van der Waals surface area contributed by atoms with Gasteiger partial charge < -0.3 is 4.74 Å². The van der Waals surface area contributed by atoms with Crippen LogP contribution in [0.2, 0.25) is 5.02 Å². The molecule has 0 aliphatic carbocycles. The van der Waals surface area contributed by atoms with E-state index in [-0.39, 0.29) is 5.97 Å². The first-order chi connectivity index (χ1) is 7.22. The molecule has 0 aliphatic rings. The van der Waals surface area contributed by atoms with Gasteiger partial charge in [-0.05, 0) is 24.6 Å². The summed E-state index contributed by atoms with van der Waals surface area (Å²) in [6.45, 7) is 2.22. The summed E-state index contributed by atoms with van der Waals surface area (Å²) in [7, 11) is 0. The van der Waals surface area contributed by atoms with Gasteiger partial charge in [-0.25, -0.2) is 0 Å².